The molecule has 5 heteroatoms. The van der Waals surface area contributed by atoms with Gasteiger partial charge in [0.05, 0.1) is 6.61 Å². The van der Waals surface area contributed by atoms with Crippen molar-refractivity contribution in [3.05, 3.63) is 52.8 Å². The number of ether oxygens (including phenoxy) is 1. The molecule has 0 saturated carbocycles. The summed E-state index contributed by atoms with van der Waals surface area (Å²) in [6.07, 6.45) is 0. The Morgan fingerprint density at radius 3 is 2.65 bits per heavy atom. The molecule has 0 unspecified atom stereocenters. The highest BCUT2D eigenvalue weighted by Crippen LogP contribution is 2.20. The van der Waals surface area contributed by atoms with Crippen LogP contribution >= 0.6 is 11.6 Å². The Morgan fingerprint density at radius 2 is 1.94 bits per heavy atom. The van der Waals surface area contributed by atoms with Crippen molar-refractivity contribution in [2.24, 2.45) is 0 Å². The molecule has 0 aliphatic heterocycles. The summed E-state index contributed by atoms with van der Waals surface area (Å²) >= 11 is 5.72. The van der Waals surface area contributed by atoms with E-state index in [1.165, 1.54) is 0 Å². The van der Waals surface area contributed by atoms with Crippen LogP contribution in [-0.2, 0) is 13.2 Å². The zero-order valence-electron chi connectivity index (χ0n) is 9.01. The Bertz CT molecular complexity index is 491. The van der Waals surface area contributed by atoms with Crippen molar-refractivity contribution < 1.29 is 9.84 Å². The molecule has 4 nitrogen and oxygen atoms in total. The number of hydrogen-bond donors (Lipinski definition) is 1. The van der Waals surface area contributed by atoms with Crippen molar-refractivity contribution in [3.8, 4) is 5.75 Å². The summed E-state index contributed by atoms with van der Waals surface area (Å²) in [5.74, 6) is 0.455. The summed E-state index contributed by atoms with van der Waals surface area (Å²) < 4.78 is 5.55. The molecule has 2 rings (SSSR count). The summed E-state index contributed by atoms with van der Waals surface area (Å²) in [6, 6.07) is 11.3. The first-order chi connectivity index (χ1) is 8.29. The molecular formula is C12H11ClN2O2. The van der Waals surface area contributed by atoms with Crippen LogP contribution in [0, 0.1) is 0 Å². The lowest BCUT2D eigenvalue weighted by atomic mass is 10.2. The van der Waals surface area contributed by atoms with Gasteiger partial charge in [-0.2, -0.15) is 0 Å². The molecule has 17 heavy (non-hydrogen) atoms. The summed E-state index contributed by atoms with van der Waals surface area (Å²) in [5.41, 5.74) is 1.41. The smallest absolute Gasteiger partial charge is 0.155 e. The lowest BCUT2D eigenvalue weighted by molar-refractivity contribution is 0.251. The first kappa shape index (κ1) is 11.8. The van der Waals surface area contributed by atoms with Crippen LogP contribution in [0.1, 0.15) is 11.3 Å². The van der Waals surface area contributed by atoms with Crippen LogP contribution in [-0.4, -0.2) is 15.3 Å². The molecule has 1 aromatic heterocycles. The molecule has 0 fully saturated rings. The standard InChI is InChI=1S/C12H11ClN2O2/c13-12-6-11(10(7-16)14-15-12)17-8-9-4-2-1-3-5-9/h1-6,16H,7-8H2. The molecular weight excluding hydrogens is 240 g/mol. The van der Waals surface area contributed by atoms with Gasteiger partial charge in [0.2, 0.25) is 0 Å². The van der Waals surface area contributed by atoms with Crippen molar-refractivity contribution in [1.82, 2.24) is 10.2 Å². The van der Waals surface area contributed by atoms with E-state index in [0.29, 0.717) is 18.1 Å². The lowest BCUT2D eigenvalue weighted by Gasteiger charge is -2.08. The van der Waals surface area contributed by atoms with Crippen LogP contribution in [0.15, 0.2) is 36.4 Å². The van der Waals surface area contributed by atoms with E-state index in [1.54, 1.807) is 6.07 Å². The molecule has 0 atom stereocenters. The second-order valence-corrected chi connectivity index (χ2v) is 3.80. The average Bonchev–Trinajstić information content (AvgIpc) is 2.38. The van der Waals surface area contributed by atoms with E-state index >= 15 is 0 Å². The Balaban J connectivity index is 2.11. The maximum absolute atomic E-state index is 9.08. The van der Waals surface area contributed by atoms with Gasteiger partial charge in [-0.1, -0.05) is 41.9 Å². The molecule has 0 spiro atoms. The zero-order chi connectivity index (χ0) is 12.1. The fourth-order valence-electron chi connectivity index (χ4n) is 1.35. The van der Waals surface area contributed by atoms with Gasteiger partial charge in [0.15, 0.2) is 5.15 Å². The van der Waals surface area contributed by atoms with Gasteiger partial charge in [-0.3, -0.25) is 0 Å². The second kappa shape index (κ2) is 5.61. The summed E-state index contributed by atoms with van der Waals surface area (Å²) in [6.45, 7) is 0.171. The number of benzene rings is 1. The largest absolute Gasteiger partial charge is 0.487 e. The number of aliphatic hydroxyl groups is 1. The molecule has 1 heterocycles. The quantitative estimate of drug-likeness (QED) is 0.904. The van der Waals surface area contributed by atoms with E-state index < -0.39 is 0 Å². The predicted octanol–water partition coefficient (Wildman–Crippen LogP) is 2.20. The van der Waals surface area contributed by atoms with Crippen LogP contribution in [0.3, 0.4) is 0 Å². The average molecular weight is 251 g/mol. The molecule has 0 amide bonds. The molecule has 2 aromatic rings. The van der Waals surface area contributed by atoms with Crippen LogP contribution in [0.5, 0.6) is 5.75 Å². The first-order valence-electron chi connectivity index (χ1n) is 5.09. The van der Waals surface area contributed by atoms with Crippen molar-refractivity contribution in [2.75, 3.05) is 0 Å². The summed E-state index contributed by atoms with van der Waals surface area (Å²) in [5, 5.41) is 16.7. The monoisotopic (exact) mass is 250 g/mol. The molecule has 88 valence electrons. The molecule has 1 N–H and O–H groups in total. The Hall–Kier alpha value is -1.65. The van der Waals surface area contributed by atoms with Crippen LogP contribution < -0.4 is 4.74 Å². The van der Waals surface area contributed by atoms with Gasteiger partial charge in [-0.05, 0) is 5.56 Å². The molecule has 0 aliphatic rings. The fraction of sp³-hybridized carbons (Fsp3) is 0.167. The Kier molecular flexibility index (Phi) is 3.90. The highest BCUT2D eigenvalue weighted by molar-refractivity contribution is 6.29. The van der Waals surface area contributed by atoms with E-state index in [9.17, 15) is 0 Å². The highest BCUT2D eigenvalue weighted by atomic mass is 35.5. The van der Waals surface area contributed by atoms with Gasteiger partial charge < -0.3 is 9.84 Å². The molecule has 0 aliphatic carbocycles. The molecule has 0 saturated heterocycles. The number of hydrogen-bond acceptors (Lipinski definition) is 4. The van der Waals surface area contributed by atoms with E-state index in [1.807, 2.05) is 30.3 Å². The molecule has 0 bridgehead atoms. The Morgan fingerprint density at radius 1 is 1.18 bits per heavy atom. The minimum atomic E-state index is -0.228. The zero-order valence-corrected chi connectivity index (χ0v) is 9.76. The minimum absolute atomic E-state index is 0.228. The number of aliphatic hydroxyl groups excluding tert-OH is 1. The van der Waals surface area contributed by atoms with Crippen molar-refractivity contribution in [2.45, 2.75) is 13.2 Å². The predicted molar refractivity (Wildman–Crippen MR) is 63.7 cm³/mol. The van der Waals surface area contributed by atoms with Crippen molar-refractivity contribution in [1.29, 1.82) is 0 Å². The summed E-state index contributed by atoms with van der Waals surface area (Å²) in [4.78, 5) is 0. The highest BCUT2D eigenvalue weighted by Gasteiger charge is 2.07. The molecule has 1 aromatic carbocycles. The van der Waals surface area contributed by atoms with Gasteiger partial charge in [-0.15, -0.1) is 10.2 Å². The number of aromatic nitrogens is 2. The third kappa shape index (κ3) is 3.15. The fourth-order valence-corrected chi connectivity index (χ4v) is 1.48. The van der Waals surface area contributed by atoms with Gasteiger partial charge in [0.25, 0.3) is 0 Å². The molecule has 0 radical (unpaired) electrons. The van der Waals surface area contributed by atoms with E-state index in [4.69, 9.17) is 21.4 Å². The van der Waals surface area contributed by atoms with E-state index in [-0.39, 0.29) is 11.8 Å². The van der Waals surface area contributed by atoms with Crippen molar-refractivity contribution >= 4 is 11.6 Å². The van der Waals surface area contributed by atoms with Gasteiger partial charge >= 0.3 is 0 Å². The summed E-state index contributed by atoms with van der Waals surface area (Å²) in [7, 11) is 0. The number of nitrogens with zero attached hydrogens (tertiary/aromatic N) is 2. The minimum Gasteiger partial charge on any atom is -0.487 e. The second-order valence-electron chi connectivity index (χ2n) is 3.41. The van der Waals surface area contributed by atoms with Crippen LogP contribution in [0.25, 0.3) is 0 Å². The third-order valence-electron chi connectivity index (χ3n) is 2.19. The topological polar surface area (TPSA) is 55.2 Å². The van der Waals surface area contributed by atoms with E-state index in [2.05, 4.69) is 10.2 Å². The van der Waals surface area contributed by atoms with Gasteiger partial charge in [0.1, 0.15) is 18.1 Å². The number of rotatable bonds is 4. The van der Waals surface area contributed by atoms with Crippen LogP contribution in [0.4, 0.5) is 0 Å². The first-order valence-corrected chi connectivity index (χ1v) is 5.47. The maximum atomic E-state index is 9.08. The van der Waals surface area contributed by atoms with Gasteiger partial charge in [-0.25, -0.2) is 0 Å². The van der Waals surface area contributed by atoms with Gasteiger partial charge in [0, 0.05) is 6.07 Å². The normalized spacial score (nSPS) is 10.2. The Labute approximate surface area is 104 Å². The van der Waals surface area contributed by atoms with Crippen molar-refractivity contribution in [3.63, 3.8) is 0 Å². The van der Waals surface area contributed by atoms with Crippen LogP contribution in [0.2, 0.25) is 5.15 Å². The third-order valence-corrected chi connectivity index (χ3v) is 2.37. The SMILES string of the molecule is OCc1nnc(Cl)cc1OCc1ccccc1. The van der Waals surface area contributed by atoms with E-state index in [0.717, 1.165) is 5.56 Å². The lowest BCUT2D eigenvalue weighted by Crippen LogP contribution is -2.02. The maximum Gasteiger partial charge on any atom is 0.155 e. The number of halogens is 1.